The Balaban J connectivity index is 1.95. The molecule has 0 atom stereocenters. The van der Waals surface area contributed by atoms with E-state index in [0.29, 0.717) is 0 Å². The van der Waals surface area contributed by atoms with E-state index < -0.39 is 69.1 Å². The van der Waals surface area contributed by atoms with Gasteiger partial charge in [-0.2, -0.15) is 33.7 Å². The van der Waals surface area contributed by atoms with E-state index in [2.05, 4.69) is 0 Å². The van der Waals surface area contributed by atoms with Crippen LogP contribution in [0.15, 0.2) is 141 Å². The Bertz CT molecular complexity index is 1630. The highest BCUT2D eigenvalue weighted by Gasteiger charge is 2.62. The van der Waals surface area contributed by atoms with Gasteiger partial charge in [0.2, 0.25) is 0 Å². The third-order valence-corrected chi connectivity index (χ3v) is 15.1. The van der Waals surface area contributed by atoms with Crippen molar-refractivity contribution >= 4 is 49.5 Å². The molecule has 0 heterocycles. The minimum absolute atomic E-state index is 0.612. The zero-order chi connectivity index (χ0) is 29.8. The highest BCUT2D eigenvalue weighted by molar-refractivity contribution is 7.92. The van der Waals surface area contributed by atoms with Gasteiger partial charge in [-0.1, -0.05) is 72.8 Å². The fraction of sp³-hybridized carbons (Fsp3) is 0. The summed E-state index contributed by atoms with van der Waals surface area (Å²) in [7, 11) is -27.2. The lowest BCUT2D eigenvalue weighted by molar-refractivity contribution is 0.175. The molecule has 12 nitrogen and oxygen atoms in total. The second-order valence-corrected chi connectivity index (χ2v) is 17.1. The Labute approximate surface area is 238 Å². The van der Waals surface area contributed by atoms with Crippen LogP contribution in [0.25, 0.3) is 0 Å². The first-order valence-electron chi connectivity index (χ1n) is 11.3. The molecule has 0 aliphatic rings. The molecular formula is C24H20O12S4Si. The molecule has 0 saturated heterocycles. The van der Waals surface area contributed by atoms with Crippen molar-refractivity contribution in [2.75, 3.05) is 0 Å². The first kappa shape index (κ1) is 30.7. The highest BCUT2D eigenvalue weighted by Crippen LogP contribution is 2.32. The van der Waals surface area contributed by atoms with Crippen molar-refractivity contribution in [3.05, 3.63) is 121 Å². The van der Waals surface area contributed by atoms with Gasteiger partial charge < -0.3 is 0 Å². The minimum Gasteiger partial charge on any atom is -0.230 e. The van der Waals surface area contributed by atoms with E-state index in [4.69, 9.17) is 15.5 Å². The first-order valence-corrected chi connectivity index (χ1v) is 18.5. The fourth-order valence-corrected chi connectivity index (χ4v) is 13.1. The van der Waals surface area contributed by atoms with Crippen molar-refractivity contribution in [1.29, 1.82) is 0 Å². The van der Waals surface area contributed by atoms with Crippen LogP contribution in [0.2, 0.25) is 0 Å². The third-order valence-electron chi connectivity index (χ3n) is 4.97. The minimum atomic E-state index is -6.42. The number of rotatable bonds is 12. The summed E-state index contributed by atoms with van der Waals surface area (Å²) in [6.07, 6.45) is 0. The van der Waals surface area contributed by atoms with E-state index in [1.807, 2.05) is 0 Å². The molecule has 0 aromatic heterocycles. The molecule has 0 saturated carbocycles. The molecule has 0 N–H and O–H groups in total. The van der Waals surface area contributed by atoms with E-state index >= 15 is 0 Å². The molecule has 216 valence electrons. The van der Waals surface area contributed by atoms with Crippen molar-refractivity contribution in [3.8, 4) is 0 Å². The monoisotopic (exact) mass is 656 g/mol. The third kappa shape index (κ3) is 7.53. The lowest BCUT2D eigenvalue weighted by Crippen LogP contribution is -2.54. The Hall–Kier alpha value is -3.26. The van der Waals surface area contributed by atoms with Crippen LogP contribution >= 0.6 is 0 Å². The molecule has 0 aliphatic carbocycles. The van der Waals surface area contributed by atoms with E-state index in [0.717, 1.165) is 48.5 Å². The van der Waals surface area contributed by atoms with Gasteiger partial charge in [0.15, 0.2) is 0 Å². The fourth-order valence-electron chi connectivity index (χ4n) is 3.16. The van der Waals surface area contributed by atoms with Crippen molar-refractivity contribution < 1.29 is 49.2 Å². The van der Waals surface area contributed by atoms with Crippen LogP contribution in [0.3, 0.4) is 0 Å². The zero-order valence-electron chi connectivity index (χ0n) is 20.6. The molecule has 0 unspecified atom stereocenters. The van der Waals surface area contributed by atoms with Crippen molar-refractivity contribution in [2.24, 2.45) is 0 Å². The predicted molar refractivity (Wildman–Crippen MR) is 145 cm³/mol. The van der Waals surface area contributed by atoms with Crippen LogP contribution in [0.4, 0.5) is 0 Å². The maximum absolute atomic E-state index is 13.3. The molecule has 0 aliphatic heterocycles. The zero-order valence-corrected chi connectivity index (χ0v) is 24.8. The quantitative estimate of drug-likeness (QED) is 0.204. The molecular weight excluding hydrogens is 637 g/mol. The summed E-state index contributed by atoms with van der Waals surface area (Å²) >= 11 is 0. The summed E-state index contributed by atoms with van der Waals surface area (Å²) in [5, 5.41) is 0. The number of hydrogen-bond donors (Lipinski definition) is 0. The van der Waals surface area contributed by atoms with E-state index in [-0.39, 0.29) is 0 Å². The van der Waals surface area contributed by atoms with Crippen LogP contribution in [0.1, 0.15) is 0 Å². The topological polar surface area (TPSA) is 173 Å². The van der Waals surface area contributed by atoms with E-state index in [1.54, 1.807) is 0 Å². The first-order chi connectivity index (χ1) is 19.2. The Kier molecular flexibility index (Phi) is 8.92. The van der Waals surface area contributed by atoms with Crippen LogP contribution in [0.5, 0.6) is 0 Å². The highest BCUT2D eigenvalue weighted by atomic mass is 32.2. The smallest absolute Gasteiger partial charge is 0.230 e. The van der Waals surface area contributed by atoms with Crippen LogP contribution in [-0.2, 0) is 56.0 Å². The summed E-state index contributed by atoms with van der Waals surface area (Å²) in [4.78, 5) is -2.45. The van der Waals surface area contributed by atoms with Gasteiger partial charge >= 0.3 is 9.05 Å². The van der Waals surface area contributed by atoms with Gasteiger partial charge in [0.1, 0.15) is 0 Å². The Morgan fingerprint density at radius 3 is 0.659 bits per heavy atom. The number of benzene rings is 4. The van der Waals surface area contributed by atoms with Gasteiger partial charge in [-0.05, 0) is 48.5 Å². The van der Waals surface area contributed by atoms with E-state index in [1.165, 1.54) is 72.8 Å². The van der Waals surface area contributed by atoms with Gasteiger partial charge in [-0.25, -0.2) is 15.5 Å². The second-order valence-electron chi connectivity index (χ2n) is 7.90. The van der Waals surface area contributed by atoms with E-state index in [9.17, 15) is 33.7 Å². The van der Waals surface area contributed by atoms with Crippen molar-refractivity contribution in [1.82, 2.24) is 0 Å². The summed E-state index contributed by atoms with van der Waals surface area (Å²) in [6, 6.07) is 24.3. The lowest BCUT2D eigenvalue weighted by Gasteiger charge is -2.26. The van der Waals surface area contributed by atoms with Gasteiger partial charge in [-0.15, -0.1) is 0 Å². The molecule has 4 aromatic carbocycles. The summed E-state index contributed by atoms with van der Waals surface area (Å²) in [5.74, 6) is 0. The Morgan fingerprint density at radius 2 is 0.488 bits per heavy atom. The average molecular weight is 657 g/mol. The number of hydrogen-bond acceptors (Lipinski definition) is 12. The molecule has 0 amide bonds. The summed E-state index contributed by atoms with van der Waals surface area (Å²) in [5.41, 5.74) is 0. The molecule has 4 rings (SSSR count). The van der Waals surface area contributed by atoms with Crippen LogP contribution in [-0.4, -0.2) is 42.7 Å². The molecule has 0 spiro atoms. The lowest BCUT2D eigenvalue weighted by atomic mass is 10.4. The van der Waals surface area contributed by atoms with Crippen molar-refractivity contribution in [3.63, 3.8) is 0 Å². The molecule has 0 radical (unpaired) electrons. The van der Waals surface area contributed by atoms with Crippen LogP contribution in [0, 0.1) is 0 Å². The van der Waals surface area contributed by atoms with Gasteiger partial charge in [0.05, 0.1) is 19.6 Å². The van der Waals surface area contributed by atoms with Gasteiger partial charge in [0, 0.05) is 0 Å². The molecule has 17 heteroatoms. The standard InChI is InChI=1S/C24H20O12S4Si/c25-37(26,21-13-5-1-6-14-21)33-41(34-38(27,28)22-15-7-2-8-16-22,35-39(29,30)23-17-9-3-10-18-23)36-40(31,32)24-19-11-4-12-20-24/h1-20H. The summed E-state index contributed by atoms with van der Waals surface area (Å²) in [6.45, 7) is 0. The molecule has 0 fully saturated rings. The predicted octanol–water partition coefficient (Wildman–Crippen LogP) is 3.04. The maximum atomic E-state index is 13.3. The Morgan fingerprint density at radius 1 is 0.317 bits per heavy atom. The summed E-state index contributed by atoms with van der Waals surface area (Å²) < 4.78 is 126. The SMILES string of the molecule is O=S(=O)(O[Si](OS(=O)(=O)c1ccccc1)(OS(=O)(=O)c1ccccc1)OS(=O)(=O)c1ccccc1)c1ccccc1. The van der Waals surface area contributed by atoms with Crippen LogP contribution < -0.4 is 0 Å². The second kappa shape index (κ2) is 11.9. The normalized spacial score (nSPS) is 13.1. The molecule has 4 aromatic rings. The van der Waals surface area contributed by atoms with Gasteiger partial charge in [0.25, 0.3) is 40.5 Å². The molecule has 41 heavy (non-hydrogen) atoms. The van der Waals surface area contributed by atoms with Gasteiger partial charge in [-0.3, -0.25) is 0 Å². The maximum Gasteiger partial charge on any atom is 0.740 e. The molecule has 0 bridgehead atoms. The largest absolute Gasteiger partial charge is 0.740 e. The van der Waals surface area contributed by atoms with Crippen molar-refractivity contribution in [2.45, 2.75) is 19.6 Å². The average Bonchev–Trinajstić information content (AvgIpc) is 2.94.